The van der Waals surface area contributed by atoms with E-state index in [-0.39, 0.29) is 18.6 Å². The van der Waals surface area contributed by atoms with Crippen LogP contribution in [0.25, 0.3) is 0 Å². The number of piperidine rings is 1. The van der Waals surface area contributed by atoms with Gasteiger partial charge >= 0.3 is 0 Å². The summed E-state index contributed by atoms with van der Waals surface area (Å²) in [6.45, 7) is 3.65. The standard InChI is InChI=1S/C10H20N2O2/c1-2-9(11)10(14)12-5-3-8(7-13)4-6-12/h8-9,13H,2-7,11H2,1H3/t9-/m0/s1. The summed E-state index contributed by atoms with van der Waals surface area (Å²) in [6, 6.07) is -0.347. The van der Waals surface area contributed by atoms with Crippen molar-refractivity contribution in [3.05, 3.63) is 0 Å². The fourth-order valence-electron chi connectivity index (χ4n) is 1.75. The Labute approximate surface area is 85.1 Å². The number of carbonyl (C=O) groups excluding carboxylic acids is 1. The third-order valence-electron chi connectivity index (χ3n) is 2.94. The van der Waals surface area contributed by atoms with Gasteiger partial charge in [0.1, 0.15) is 0 Å². The first-order valence-electron chi connectivity index (χ1n) is 5.34. The van der Waals surface area contributed by atoms with Gasteiger partial charge in [-0.25, -0.2) is 0 Å². The van der Waals surface area contributed by atoms with E-state index < -0.39 is 0 Å². The van der Waals surface area contributed by atoms with Crippen LogP contribution in [0.1, 0.15) is 26.2 Å². The zero-order chi connectivity index (χ0) is 10.6. The average molecular weight is 200 g/mol. The summed E-state index contributed by atoms with van der Waals surface area (Å²) in [7, 11) is 0. The Morgan fingerprint density at radius 3 is 2.57 bits per heavy atom. The molecule has 3 N–H and O–H groups in total. The van der Waals surface area contributed by atoms with Crippen molar-refractivity contribution < 1.29 is 9.90 Å². The molecule has 0 bridgehead atoms. The fourth-order valence-corrected chi connectivity index (χ4v) is 1.75. The van der Waals surface area contributed by atoms with Crippen LogP contribution >= 0.6 is 0 Å². The van der Waals surface area contributed by atoms with Gasteiger partial charge in [-0.3, -0.25) is 4.79 Å². The highest BCUT2D eigenvalue weighted by molar-refractivity contribution is 5.81. The second kappa shape index (κ2) is 5.32. The van der Waals surface area contributed by atoms with Crippen LogP contribution in [0.2, 0.25) is 0 Å². The van der Waals surface area contributed by atoms with Crippen molar-refractivity contribution >= 4 is 5.91 Å². The Morgan fingerprint density at radius 1 is 1.57 bits per heavy atom. The molecule has 0 aromatic carbocycles. The number of rotatable bonds is 3. The van der Waals surface area contributed by atoms with E-state index in [1.165, 1.54) is 0 Å². The van der Waals surface area contributed by atoms with Crippen molar-refractivity contribution in [2.75, 3.05) is 19.7 Å². The molecule has 1 fully saturated rings. The first kappa shape index (κ1) is 11.5. The zero-order valence-electron chi connectivity index (χ0n) is 8.78. The molecule has 0 spiro atoms. The normalized spacial score (nSPS) is 20.9. The molecule has 1 amide bonds. The molecule has 1 aliphatic heterocycles. The molecule has 4 nitrogen and oxygen atoms in total. The van der Waals surface area contributed by atoms with Crippen LogP contribution < -0.4 is 5.73 Å². The molecule has 1 heterocycles. The molecule has 0 unspecified atom stereocenters. The van der Waals surface area contributed by atoms with Gasteiger partial charge in [-0.15, -0.1) is 0 Å². The van der Waals surface area contributed by atoms with Crippen LogP contribution in [0.5, 0.6) is 0 Å². The van der Waals surface area contributed by atoms with Gasteiger partial charge < -0.3 is 15.7 Å². The Morgan fingerprint density at radius 2 is 2.14 bits per heavy atom. The van der Waals surface area contributed by atoms with E-state index >= 15 is 0 Å². The number of nitrogens with zero attached hydrogens (tertiary/aromatic N) is 1. The first-order valence-corrected chi connectivity index (χ1v) is 5.34. The predicted octanol–water partition coefficient (Wildman–Crippen LogP) is -0.0454. The molecule has 0 aromatic rings. The predicted molar refractivity (Wildman–Crippen MR) is 54.7 cm³/mol. The summed E-state index contributed by atoms with van der Waals surface area (Å²) < 4.78 is 0. The van der Waals surface area contributed by atoms with Crippen LogP contribution in [0.3, 0.4) is 0 Å². The summed E-state index contributed by atoms with van der Waals surface area (Å²) in [6.07, 6.45) is 2.50. The maximum Gasteiger partial charge on any atom is 0.239 e. The van der Waals surface area contributed by atoms with Crippen molar-refractivity contribution in [2.45, 2.75) is 32.2 Å². The van der Waals surface area contributed by atoms with Crippen LogP contribution in [0, 0.1) is 5.92 Å². The third kappa shape index (κ3) is 2.69. The van der Waals surface area contributed by atoms with Gasteiger partial charge in [0, 0.05) is 19.7 Å². The molecule has 1 rings (SSSR count). The monoisotopic (exact) mass is 200 g/mol. The number of amides is 1. The number of aliphatic hydroxyl groups excluding tert-OH is 1. The van der Waals surface area contributed by atoms with E-state index in [1.54, 1.807) is 0 Å². The molecular formula is C10H20N2O2. The molecule has 0 radical (unpaired) electrons. The lowest BCUT2D eigenvalue weighted by Crippen LogP contribution is -2.47. The molecule has 4 heteroatoms. The molecule has 0 saturated carbocycles. The lowest BCUT2D eigenvalue weighted by molar-refractivity contribution is -0.134. The smallest absolute Gasteiger partial charge is 0.239 e. The lowest BCUT2D eigenvalue weighted by atomic mass is 9.97. The molecule has 1 saturated heterocycles. The van der Waals surface area contributed by atoms with Crippen LogP contribution in [0.4, 0.5) is 0 Å². The SMILES string of the molecule is CC[C@H](N)C(=O)N1CCC(CO)CC1. The van der Waals surface area contributed by atoms with Gasteiger partial charge in [0.2, 0.25) is 5.91 Å². The van der Waals surface area contributed by atoms with Crippen LogP contribution in [-0.4, -0.2) is 41.7 Å². The summed E-state index contributed by atoms with van der Waals surface area (Å²) in [5.74, 6) is 0.431. The van der Waals surface area contributed by atoms with Crippen molar-refractivity contribution in [3.63, 3.8) is 0 Å². The van der Waals surface area contributed by atoms with E-state index in [4.69, 9.17) is 10.8 Å². The van der Waals surface area contributed by atoms with Crippen molar-refractivity contribution in [1.29, 1.82) is 0 Å². The second-order valence-corrected chi connectivity index (χ2v) is 3.97. The van der Waals surface area contributed by atoms with E-state index in [0.29, 0.717) is 12.3 Å². The van der Waals surface area contributed by atoms with E-state index in [9.17, 15) is 4.79 Å². The third-order valence-corrected chi connectivity index (χ3v) is 2.94. The largest absolute Gasteiger partial charge is 0.396 e. The molecule has 82 valence electrons. The highest BCUT2D eigenvalue weighted by Gasteiger charge is 2.24. The van der Waals surface area contributed by atoms with Crippen molar-refractivity contribution in [2.24, 2.45) is 11.7 Å². The summed E-state index contributed by atoms with van der Waals surface area (Å²) in [5.41, 5.74) is 5.67. The van der Waals surface area contributed by atoms with E-state index in [1.807, 2.05) is 11.8 Å². The van der Waals surface area contributed by atoms with E-state index in [2.05, 4.69) is 0 Å². The first-order chi connectivity index (χ1) is 6.69. The summed E-state index contributed by atoms with van der Waals surface area (Å²) >= 11 is 0. The molecule has 1 atom stereocenters. The molecule has 0 aromatic heterocycles. The van der Waals surface area contributed by atoms with Gasteiger partial charge in [-0.1, -0.05) is 6.92 Å². The van der Waals surface area contributed by atoms with E-state index in [0.717, 1.165) is 25.9 Å². The van der Waals surface area contributed by atoms with Gasteiger partial charge in [0.15, 0.2) is 0 Å². The molecular weight excluding hydrogens is 180 g/mol. The number of hydrogen-bond acceptors (Lipinski definition) is 3. The van der Waals surface area contributed by atoms with Crippen molar-refractivity contribution in [1.82, 2.24) is 4.90 Å². The lowest BCUT2D eigenvalue weighted by Gasteiger charge is -2.32. The maximum atomic E-state index is 11.7. The number of aliphatic hydroxyl groups is 1. The Bertz CT molecular complexity index is 189. The van der Waals surface area contributed by atoms with Crippen LogP contribution in [0.15, 0.2) is 0 Å². The topological polar surface area (TPSA) is 66.6 Å². The quantitative estimate of drug-likeness (QED) is 0.671. The maximum absolute atomic E-state index is 11.7. The highest BCUT2D eigenvalue weighted by atomic mass is 16.3. The Hall–Kier alpha value is -0.610. The molecule has 0 aliphatic carbocycles. The Kier molecular flexibility index (Phi) is 4.35. The van der Waals surface area contributed by atoms with Crippen LogP contribution in [-0.2, 0) is 4.79 Å². The number of carbonyl (C=O) groups is 1. The van der Waals surface area contributed by atoms with Gasteiger partial charge in [-0.2, -0.15) is 0 Å². The number of hydrogen-bond donors (Lipinski definition) is 2. The Balaban J connectivity index is 2.37. The summed E-state index contributed by atoms with van der Waals surface area (Å²) in [4.78, 5) is 13.5. The van der Waals surface area contributed by atoms with Gasteiger partial charge in [-0.05, 0) is 25.2 Å². The minimum absolute atomic E-state index is 0.0592. The number of nitrogens with two attached hydrogens (primary N) is 1. The van der Waals surface area contributed by atoms with Gasteiger partial charge in [0.25, 0.3) is 0 Å². The van der Waals surface area contributed by atoms with Gasteiger partial charge in [0.05, 0.1) is 6.04 Å². The zero-order valence-corrected chi connectivity index (χ0v) is 8.78. The number of likely N-dealkylation sites (tertiary alicyclic amines) is 1. The highest BCUT2D eigenvalue weighted by Crippen LogP contribution is 2.16. The molecule has 1 aliphatic rings. The minimum atomic E-state index is -0.347. The summed E-state index contributed by atoms with van der Waals surface area (Å²) in [5, 5.41) is 8.94. The molecule has 14 heavy (non-hydrogen) atoms. The minimum Gasteiger partial charge on any atom is -0.396 e. The average Bonchev–Trinajstić information content (AvgIpc) is 2.27. The second-order valence-electron chi connectivity index (χ2n) is 3.97. The fraction of sp³-hybridized carbons (Fsp3) is 0.900. The van der Waals surface area contributed by atoms with Crippen molar-refractivity contribution in [3.8, 4) is 0 Å².